The lowest BCUT2D eigenvalue weighted by Gasteiger charge is -2.25. The summed E-state index contributed by atoms with van der Waals surface area (Å²) in [5.41, 5.74) is 3.24. The second-order valence-electron chi connectivity index (χ2n) is 10.4. The molecule has 220 valence electrons. The standard InChI is InChI=1S/C30H28FN7O5/c1-18(39)23-15-36(25-7-6-20(11-22(23)25)34-21-12-32-17-33-13-21)16-28(40)38-14-19(31)10-27(38)29(41)35-24-4-2-3-5-26(24)37-8-9-43-30(37)42/h2-7,11-13,15,17,19,27,34H,8-10,14,16H2,1H3,(H,35,41). The lowest BCUT2D eigenvalue weighted by atomic mass is 10.1. The number of aromatic nitrogens is 3. The molecule has 0 radical (unpaired) electrons. The van der Waals surface area contributed by atoms with E-state index in [9.17, 15) is 23.6 Å². The average molecular weight is 586 g/mol. The van der Waals surface area contributed by atoms with Crippen molar-refractivity contribution >= 4 is 57.3 Å². The second-order valence-corrected chi connectivity index (χ2v) is 10.4. The van der Waals surface area contributed by atoms with Crippen molar-refractivity contribution in [2.75, 3.05) is 35.2 Å². The molecule has 2 aliphatic rings. The maximum atomic E-state index is 14.7. The van der Waals surface area contributed by atoms with Gasteiger partial charge in [-0.3, -0.25) is 19.3 Å². The van der Waals surface area contributed by atoms with Gasteiger partial charge < -0.3 is 24.8 Å². The lowest BCUT2D eigenvalue weighted by Crippen LogP contribution is -2.44. The van der Waals surface area contributed by atoms with E-state index in [0.717, 1.165) is 0 Å². The van der Waals surface area contributed by atoms with Crippen LogP contribution in [-0.4, -0.2) is 75.0 Å². The van der Waals surface area contributed by atoms with Crippen molar-refractivity contribution in [3.8, 4) is 0 Å². The molecule has 2 fully saturated rings. The van der Waals surface area contributed by atoms with Gasteiger partial charge in [0.25, 0.3) is 0 Å². The van der Waals surface area contributed by atoms with Crippen LogP contribution in [0.1, 0.15) is 23.7 Å². The van der Waals surface area contributed by atoms with Crippen molar-refractivity contribution in [3.05, 3.63) is 72.9 Å². The summed E-state index contributed by atoms with van der Waals surface area (Å²) in [4.78, 5) is 62.2. The fourth-order valence-corrected chi connectivity index (χ4v) is 5.51. The highest BCUT2D eigenvalue weighted by Crippen LogP contribution is 2.31. The van der Waals surface area contributed by atoms with Crippen LogP contribution in [0.3, 0.4) is 0 Å². The van der Waals surface area contributed by atoms with Crippen molar-refractivity contribution in [2.45, 2.75) is 32.1 Å². The van der Waals surface area contributed by atoms with Crippen LogP contribution in [0.15, 0.2) is 67.4 Å². The van der Waals surface area contributed by atoms with E-state index >= 15 is 0 Å². The summed E-state index contributed by atoms with van der Waals surface area (Å²) in [6.45, 7) is 1.57. The van der Waals surface area contributed by atoms with E-state index in [1.165, 1.54) is 23.1 Å². The number of anilines is 4. The van der Waals surface area contributed by atoms with Crippen LogP contribution in [-0.2, 0) is 20.9 Å². The van der Waals surface area contributed by atoms with E-state index in [-0.39, 0.29) is 31.9 Å². The van der Waals surface area contributed by atoms with Gasteiger partial charge >= 0.3 is 6.09 Å². The largest absolute Gasteiger partial charge is 0.447 e. The smallest absolute Gasteiger partial charge is 0.414 e. The minimum atomic E-state index is -1.38. The van der Waals surface area contributed by atoms with Crippen LogP contribution in [0, 0.1) is 0 Å². The fraction of sp³-hybridized carbons (Fsp3) is 0.267. The molecule has 13 heteroatoms. The van der Waals surface area contributed by atoms with Crippen molar-refractivity contribution in [2.24, 2.45) is 0 Å². The summed E-state index contributed by atoms with van der Waals surface area (Å²) in [6.07, 6.45) is 4.19. The molecule has 4 aromatic rings. The molecule has 6 rings (SSSR count). The van der Waals surface area contributed by atoms with E-state index in [2.05, 4.69) is 20.6 Å². The minimum Gasteiger partial charge on any atom is -0.447 e. The van der Waals surface area contributed by atoms with Gasteiger partial charge in [-0.25, -0.2) is 19.2 Å². The number of nitrogens with zero attached hydrogens (tertiary/aromatic N) is 5. The van der Waals surface area contributed by atoms with Gasteiger partial charge in [0, 0.05) is 34.8 Å². The predicted octanol–water partition coefficient (Wildman–Crippen LogP) is 3.91. The summed E-state index contributed by atoms with van der Waals surface area (Å²) in [6, 6.07) is 11.1. The Balaban J connectivity index is 1.22. The molecule has 2 atom stereocenters. The second kappa shape index (κ2) is 11.5. The first-order chi connectivity index (χ1) is 20.8. The molecule has 2 aromatic carbocycles. The highest BCUT2D eigenvalue weighted by molar-refractivity contribution is 6.08. The molecule has 2 N–H and O–H groups in total. The Hall–Kier alpha value is -5.33. The molecule has 12 nitrogen and oxygen atoms in total. The number of halogens is 1. The van der Waals surface area contributed by atoms with Gasteiger partial charge in [0.1, 0.15) is 31.7 Å². The topological polar surface area (TPSA) is 139 Å². The zero-order valence-corrected chi connectivity index (χ0v) is 23.2. The molecule has 0 saturated carbocycles. The van der Waals surface area contributed by atoms with Crippen LogP contribution in [0.4, 0.5) is 31.9 Å². The van der Waals surface area contributed by atoms with E-state index in [1.54, 1.807) is 65.6 Å². The van der Waals surface area contributed by atoms with E-state index in [1.807, 2.05) is 0 Å². The molecule has 0 bridgehead atoms. The van der Waals surface area contributed by atoms with E-state index < -0.39 is 30.1 Å². The quantitative estimate of drug-likeness (QED) is 0.297. The molecule has 0 spiro atoms. The van der Waals surface area contributed by atoms with Crippen molar-refractivity contribution in [3.63, 3.8) is 0 Å². The molecule has 2 aliphatic heterocycles. The number of para-hydroxylation sites is 2. The maximum absolute atomic E-state index is 14.7. The van der Waals surface area contributed by atoms with Gasteiger partial charge in [0.2, 0.25) is 11.8 Å². The number of hydrogen-bond acceptors (Lipinski definition) is 8. The number of fused-ring (bicyclic) bond motifs is 1. The summed E-state index contributed by atoms with van der Waals surface area (Å²) in [7, 11) is 0. The number of rotatable bonds is 8. The normalized spacial score (nSPS) is 18.1. The maximum Gasteiger partial charge on any atom is 0.414 e. The van der Waals surface area contributed by atoms with Crippen LogP contribution in [0.2, 0.25) is 0 Å². The molecule has 43 heavy (non-hydrogen) atoms. The summed E-state index contributed by atoms with van der Waals surface area (Å²) >= 11 is 0. The number of ether oxygens (including phenoxy) is 1. The number of benzene rings is 2. The molecule has 3 amide bonds. The third kappa shape index (κ3) is 5.61. The molecular formula is C30H28FN7O5. The highest BCUT2D eigenvalue weighted by Gasteiger charge is 2.40. The Labute approximate surface area is 245 Å². The Kier molecular flexibility index (Phi) is 7.45. The zero-order valence-electron chi connectivity index (χ0n) is 23.2. The molecule has 4 heterocycles. The number of Topliss-reactive ketones (excluding diaryl/α,β-unsaturated/α-hetero) is 1. The first-order valence-corrected chi connectivity index (χ1v) is 13.7. The Bertz CT molecular complexity index is 1730. The molecule has 2 aromatic heterocycles. The molecule has 2 unspecified atom stereocenters. The number of ketones is 1. The van der Waals surface area contributed by atoms with Gasteiger partial charge in [0.05, 0.1) is 42.5 Å². The molecule has 2 saturated heterocycles. The van der Waals surface area contributed by atoms with Gasteiger partial charge in [-0.15, -0.1) is 0 Å². The van der Waals surface area contributed by atoms with Gasteiger partial charge in [-0.1, -0.05) is 12.1 Å². The number of likely N-dealkylation sites (tertiary alicyclic amines) is 1. The lowest BCUT2D eigenvalue weighted by molar-refractivity contribution is -0.137. The van der Waals surface area contributed by atoms with Crippen LogP contribution < -0.4 is 15.5 Å². The third-order valence-electron chi connectivity index (χ3n) is 7.50. The summed E-state index contributed by atoms with van der Waals surface area (Å²) in [5.74, 6) is -1.21. The summed E-state index contributed by atoms with van der Waals surface area (Å²) in [5, 5.41) is 6.60. The van der Waals surface area contributed by atoms with Crippen LogP contribution in [0.5, 0.6) is 0 Å². The predicted molar refractivity (Wildman–Crippen MR) is 156 cm³/mol. The molecular weight excluding hydrogens is 557 g/mol. The first-order valence-electron chi connectivity index (χ1n) is 13.7. The van der Waals surface area contributed by atoms with Crippen LogP contribution in [0.25, 0.3) is 10.9 Å². The number of cyclic esters (lactones) is 1. The van der Waals surface area contributed by atoms with Crippen LogP contribution >= 0.6 is 0 Å². The monoisotopic (exact) mass is 585 g/mol. The number of carbonyl (C=O) groups is 4. The Morgan fingerprint density at radius 3 is 2.63 bits per heavy atom. The Morgan fingerprint density at radius 1 is 1.09 bits per heavy atom. The number of hydrogen-bond donors (Lipinski definition) is 2. The number of nitrogens with one attached hydrogen (secondary N) is 2. The van der Waals surface area contributed by atoms with Gasteiger partial charge in [-0.05, 0) is 37.3 Å². The third-order valence-corrected chi connectivity index (χ3v) is 7.50. The zero-order chi connectivity index (χ0) is 30.1. The molecule has 0 aliphatic carbocycles. The van der Waals surface area contributed by atoms with Crippen molar-refractivity contribution < 1.29 is 28.3 Å². The van der Waals surface area contributed by atoms with E-state index in [0.29, 0.717) is 45.8 Å². The highest BCUT2D eigenvalue weighted by atomic mass is 19.1. The minimum absolute atomic E-state index is 0.158. The summed E-state index contributed by atoms with van der Waals surface area (Å²) < 4.78 is 21.3. The van der Waals surface area contributed by atoms with Gasteiger partial charge in [-0.2, -0.15) is 0 Å². The number of amides is 3. The first kappa shape index (κ1) is 27.8. The van der Waals surface area contributed by atoms with Gasteiger partial charge in [0.15, 0.2) is 5.78 Å². The van der Waals surface area contributed by atoms with E-state index in [4.69, 9.17) is 4.74 Å². The van der Waals surface area contributed by atoms with Crippen molar-refractivity contribution in [1.82, 2.24) is 19.4 Å². The average Bonchev–Trinajstić information content (AvgIpc) is 3.70. The Morgan fingerprint density at radius 2 is 1.88 bits per heavy atom. The fourth-order valence-electron chi connectivity index (χ4n) is 5.51. The number of carbonyl (C=O) groups excluding carboxylic acids is 4. The number of alkyl halides is 1. The SMILES string of the molecule is CC(=O)c1cn(CC(=O)N2CC(F)CC2C(=O)Nc2ccccc2N2CCOC2=O)c2ccc(Nc3cncnc3)cc12. The van der Waals surface area contributed by atoms with Crippen molar-refractivity contribution in [1.29, 1.82) is 0 Å².